The molecule has 0 saturated heterocycles. The summed E-state index contributed by atoms with van der Waals surface area (Å²) in [6, 6.07) is 6.87. The second kappa shape index (κ2) is 8.98. The van der Waals surface area contributed by atoms with Gasteiger partial charge in [-0.05, 0) is 43.7 Å². The average molecular weight is 535 g/mol. The van der Waals surface area contributed by atoms with E-state index in [1.165, 1.54) is 11.3 Å². The Kier molecular flexibility index (Phi) is 7.35. The Morgan fingerprint density at radius 2 is 1.86 bits per heavy atom. The first-order valence-corrected chi connectivity index (χ1v) is 10.0. The van der Waals surface area contributed by atoms with Crippen molar-refractivity contribution in [3.8, 4) is 0 Å². The molecule has 4 N–H and O–H groups in total. The fourth-order valence-electron chi connectivity index (χ4n) is 3.27. The molecule has 1 aliphatic heterocycles. The predicted octanol–water partition coefficient (Wildman–Crippen LogP) is 1.06. The van der Waals surface area contributed by atoms with Gasteiger partial charge in [0.2, 0.25) is 0 Å². The van der Waals surface area contributed by atoms with Crippen LogP contribution in [0.3, 0.4) is 0 Å². The number of nitrogens with zero attached hydrogens (tertiary/aromatic N) is 1. The fourth-order valence-corrected chi connectivity index (χ4v) is 4.80. The molecule has 9 heteroatoms. The molecule has 1 atom stereocenters. The van der Waals surface area contributed by atoms with Crippen LogP contribution < -0.4 is 40.3 Å². The Hall–Kier alpha value is -1.36. The SMILES string of the molecule is CC(C)[N+]1(C)CCc2c(sc(NC(=O)Nc3ccc(Cl)cc3)c2C(N)=O)C1.[I-]. The lowest BCUT2D eigenvalue weighted by Gasteiger charge is -2.41. The Bertz CT molecular complexity index is 885. The number of carbonyl (C=O) groups is 2. The number of halogens is 2. The Labute approximate surface area is 191 Å². The molecule has 2 aromatic rings. The number of benzene rings is 1. The summed E-state index contributed by atoms with van der Waals surface area (Å²) in [5.41, 5.74) is 7.66. The number of hydrogen-bond acceptors (Lipinski definition) is 3. The molecule has 0 fully saturated rings. The van der Waals surface area contributed by atoms with Crippen molar-refractivity contribution in [2.45, 2.75) is 32.9 Å². The van der Waals surface area contributed by atoms with Crippen LogP contribution in [0.2, 0.25) is 5.02 Å². The molecular formula is C19H24ClIN4O2S. The highest BCUT2D eigenvalue weighted by molar-refractivity contribution is 7.17. The molecule has 2 heterocycles. The fraction of sp³-hybridized carbons (Fsp3) is 0.368. The third-order valence-electron chi connectivity index (χ3n) is 5.29. The number of rotatable bonds is 4. The highest BCUT2D eigenvalue weighted by Gasteiger charge is 2.36. The van der Waals surface area contributed by atoms with Gasteiger partial charge in [0.15, 0.2) is 0 Å². The number of nitrogens with two attached hydrogens (primary N) is 1. The Balaban J connectivity index is 0.00000280. The summed E-state index contributed by atoms with van der Waals surface area (Å²) in [7, 11) is 2.22. The maximum absolute atomic E-state index is 12.4. The van der Waals surface area contributed by atoms with Crippen molar-refractivity contribution < 1.29 is 38.0 Å². The molecule has 1 aromatic carbocycles. The first-order valence-electron chi connectivity index (χ1n) is 8.82. The molecule has 28 heavy (non-hydrogen) atoms. The number of likely N-dealkylation sites (N-methyl/N-ethyl adjacent to an activating group) is 1. The average Bonchev–Trinajstić information content (AvgIpc) is 2.93. The second-order valence-electron chi connectivity index (χ2n) is 7.36. The van der Waals surface area contributed by atoms with E-state index in [9.17, 15) is 9.59 Å². The van der Waals surface area contributed by atoms with E-state index in [0.717, 1.165) is 34.4 Å². The summed E-state index contributed by atoms with van der Waals surface area (Å²) < 4.78 is 0.905. The van der Waals surface area contributed by atoms with Crippen molar-refractivity contribution in [3.05, 3.63) is 45.3 Å². The summed E-state index contributed by atoms with van der Waals surface area (Å²) in [6.45, 7) is 6.18. The molecule has 0 bridgehead atoms. The van der Waals surface area contributed by atoms with Crippen LogP contribution in [0, 0.1) is 0 Å². The van der Waals surface area contributed by atoms with E-state index < -0.39 is 11.9 Å². The molecule has 0 saturated carbocycles. The van der Waals surface area contributed by atoms with Crippen LogP contribution in [0.5, 0.6) is 0 Å². The highest BCUT2D eigenvalue weighted by Crippen LogP contribution is 2.39. The van der Waals surface area contributed by atoms with Crippen LogP contribution in [0.15, 0.2) is 24.3 Å². The minimum atomic E-state index is -0.505. The van der Waals surface area contributed by atoms with Crippen molar-refractivity contribution >= 4 is 45.6 Å². The van der Waals surface area contributed by atoms with Crippen LogP contribution in [-0.4, -0.2) is 36.1 Å². The molecule has 1 aromatic heterocycles. The lowest BCUT2D eigenvalue weighted by molar-refractivity contribution is -0.943. The number of anilines is 2. The van der Waals surface area contributed by atoms with Crippen molar-refractivity contribution in [3.63, 3.8) is 0 Å². The summed E-state index contributed by atoms with van der Waals surface area (Å²) in [5.74, 6) is -0.505. The maximum Gasteiger partial charge on any atom is 0.324 e. The molecule has 0 aliphatic carbocycles. The maximum atomic E-state index is 12.4. The van der Waals surface area contributed by atoms with Gasteiger partial charge in [-0.25, -0.2) is 4.79 Å². The zero-order valence-corrected chi connectivity index (χ0v) is 19.7. The third-order valence-corrected chi connectivity index (χ3v) is 6.67. The zero-order valence-electron chi connectivity index (χ0n) is 16.0. The lowest BCUT2D eigenvalue weighted by atomic mass is 9.99. The van der Waals surface area contributed by atoms with Gasteiger partial charge in [0.05, 0.1) is 30.1 Å². The minimum Gasteiger partial charge on any atom is -1.00 e. The molecule has 3 amide bonds. The first kappa shape index (κ1) is 22.9. The number of amides is 3. The van der Waals surface area contributed by atoms with Crippen LogP contribution in [0.4, 0.5) is 15.5 Å². The zero-order chi connectivity index (χ0) is 19.8. The molecule has 1 aliphatic rings. The van der Waals surface area contributed by atoms with E-state index >= 15 is 0 Å². The lowest BCUT2D eigenvalue weighted by Crippen LogP contribution is -3.00. The molecule has 1 unspecified atom stereocenters. The van der Waals surface area contributed by atoms with Crippen LogP contribution >= 0.6 is 22.9 Å². The largest absolute Gasteiger partial charge is 1.00 e. The van der Waals surface area contributed by atoms with Gasteiger partial charge < -0.3 is 39.5 Å². The summed E-state index contributed by atoms with van der Waals surface area (Å²) in [5, 5.41) is 6.64. The number of primary amides is 1. The smallest absolute Gasteiger partial charge is 0.324 e. The van der Waals surface area contributed by atoms with Gasteiger partial charge in [0.1, 0.15) is 11.5 Å². The van der Waals surface area contributed by atoms with Crippen LogP contribution in [0.25, 0.3) is 0 Å². The van der Waals surface area contributed by atoms with Crippen molar-refractivity contribution in [1.82, 2.24) is 0 Å². The first-order chi connectivity index (χ1) is 12.7. The molecule has 0 radical (unpaired) electrons. The van der Waals surface area contributed by atoms with Gasteiger partial charge in [-0.15, -0.1) is 11.3 Å². The van der Waals surface area contributed by atoms with E-state index in [-0.39, 0.29) is 24.0 Å². The molecule has 6 nitrogen and oxygen atoms in total. The van der Waals surface area contributed by atoms with Gasteiger partial charge in [-0.2, -0.15) is 0 Å². The van der Waals surface area contributed by atoms with Crippen molar-refractivity contribution in [1.29, 1.82) is 0 Å². The number of fused-ring (bicyclic) bond motifs is 1. The van der Waals surface area contributed by atoms with E-state index in [1.54, 1.807) is 24.3 Å². The molecular weight excluding hydrogens is 511 g/mol. The van der Waals surface area contributed by atoms with Crippen LogP contribution in [-0.2, 0) is 13.0 Å². The van der Waals surface area contributed by atoms with E-state index in [1.807, 2.05) is 0 Å². The Morgan fingerprint density at radius 3 is 2.43 bits per heavy atom. The normalized spacial score (nSPS) is 18.2. The summed E-state index contributed by atoms with van der Waals surface area (Å²) in [4.78, 5) is 25.6. The van der Waals surface area contributed by atoms with Crippen LogP contribution in [0.1, 0.15) is 34.6 Å². The van der Waals surface area contributed by atoms with Gasteiger partial charge in [0, 0.05) is 17.1 Å². The van der Waals surface area contributed by atoms with Gasteiger partial charge in [-0.1, -0.05) is 11.6 Å². The van der Waals surface area contributed by atoms with E-state index in [2.05, 4.69) is 31.5 Å². The quantitative estimate of drug-likeness (QED) is 0.405. The second-order valence-corrected chi connectivity index (χ2v) is 8.90. The molecule has 3 rings (SSSR count). The molecule has 0 spiro atoms. The number of quaternary nitrogens is 1. The standard InChI is InChI=1S/C19H23ClN4O2S.HI/c1-11(2)24(3)9-8-14-15(10-24)27-18(16(14)17(21)25)23-19(26)22-13-6-4-12(20)5-7-13;/h4-7,11H,8-10H2,1-3H3,(H3-,21,22,23,25,26);1H. The third kappa shape index (κ3) is 4.79. The number of nitrogens with one attached hydrogen (secondary N) is 2. The van der Waals surface area contributed by atoms with E-state index in [0.29, 0.717) is 27.3 Å². The topological polar surface area (TPSA) is 84.2 Å². The Morgan fingerprint density at radius 1 is 1.21 bits per heavy atom. The summed E-state index contributed by atoms with van der Waals surface area (Å²) >= 11 is 7.30. The van der Waals surface area contributed by atoms with E-state index in [4.69, 9.17) is 17.3 Å². The minimum absolute atomic E-state index is 0. The number of urea groups is 1. The van der Waals surface area contributed by atoms with Crippen molar-refractivity contribution in [2.75, 3.05) is 24.2 Å². The summed E-state index contributed by atoms with van der Waals surface area (Å²) in [6.07, 6.45) is 0.777. The number of thiophene rings is 1. The highest BCUT2D eigenvalue weighted by atomic mass is 127. The number of hydrogen-bond donors (Lipinski definition) is 3. The van der Waals surface area contributed by atoms with Gasteiger partial charge >= 0.3 is 6.03 Å². The van der Waals surface area contributed by atoms with Gasteiger partial charge in [0.25, 0.3) is 5.91 Å². The van der Waals surface area contributed by atoms with Gasteiger partial charge in [-0.3, -0.25) is 10.1 Å². The predicted molar refractivity (Wildman–Crippen MR) is 111 cm³/mol. The molecule has 152 valence electrons. The monoisotopic (exact) mass is 534 g/mol. The number of carbonyl (C=O) groups excluding carboxylic acids is 2. The van der Waals surface area contributed by atoms with Crippen molar-refractivity contribution in [2.24, 2.45) is 5.73 Å².